The van der Waals surface area contributed by atoms with Crippen LogP contribution >= 0.6 is 11.3 Å². The Morgan fingerprint density at radius 1 is 1.18 bits per heavy atom. The van der Waals surface area contributed by atoms with Gasteiger partial charge in [0.15, 0.2) is 29.8 Å². The minimum Gasteiger partial charge on any atom is -0.493 e. The molecule has 0 N–H and O–H groups in total. The maximum absolute atomic E-state index is 12.2. The van der Waals surface area contributed by atoms with Gasteiger partial charge in [-0.05, 0) is 24.6 Å². The molecule has 0 saturated heterocycles. The number of ketones is 1. The molecule has 0 saturated carbocycles. The van der Waals surface area contributed by atoms with Crippen molar-refractivity contribution in [2.45, 2.75) is 19.3 Å². The minimum absolute atomic E-state index is 0.0996. The van der Waals surface area contributed by atoms with E-state index in [1.807, 2.05) is 6.07 Å². The number of rotatable bonds is 9. The number of hydrogen-bond donors (Lipinski definition) is 0. The topological polar surface area (TPSA) is 108 Å². The molecule has 1 atom stereocenters. The molecule has 2 aromatic rings. The lowest BCUT2D eigenvalue weighted by Crippen LogP contribution is -2.20. The Morgan fingerprint density at radius 3 is 2.29 bits per heavy atom. The molecule has 1 aromatic heterocycles. The number of methoxy groups -OCH3 is 3. The number of Topliss-reactive ketones (excluding diaryl/α,β-unsaturated/α-hetero) is 1. The van der Waals surface area contributed by atoms with Crippen LogP contribution in [0.1, 0.15) is 22.2 Å². The van der Waals surface area contributed by atoms with Gasteiger partial charge in [-0.1, -0.05) is 0 Å². The van der Waals surface area contributed by atoms with E-state index >= 15 is 0 Å². The third-order valence-corrected chi connectivity index (χ3v) is 4.81. The zero-order valence-electron chi connectivity index (χ0n) is 16.0. The minimum atomic E-state index is -1.05. The number of carbonyl (C=O) groups excluding carboxylic acids is 2. The summed E-state index contributed by atoms with van der Waals surface area (Å²) in [5, 5.41) is 11.4. The molecule has 0 unspecified atom stereocenters. The summed E-state index contributed by atoms with van der Waals surface area (Å²) in [6.07, 6.45) is -0.0996. The normalized spacial score (nSPS) is 11.2. The van der Waals surface area contributed by atoms with Crippen LogP contribution in [0, 0.1) is 18.3 Å². The van der Waals surface area contributed by atoms with Crippen molar-refractivity contribution in [3.8, 4) is 23.3 Å². The maximum Gasteiger partial charge on any atom is 0.310 e. The van der Waals surface area contributed by atoms with Gasteiger partial charge in [-0.25, -0.2) is 4.98 Å². The van der Waals surface area contributed by atoms with E-state index in [0.717, 1.165) is 5.69 Å². The van der Waals surface area contributed by atoms with Crippen molar-refractivity contribution in [2.75, 3.05) is 27.9 Å². The van der Waals surface area contributed by atoms with Crippen molar-refractivity contribution >= 4 is 23.1 Å². The summed E-state index contributed by atoms with van der Waals surface area (Å²) in [4.78, 5) is 28.5. The van der Waals surface area contributed by atoms with Crippen LogP contribution in [0.2, 0.25) is 0 Å². The molecule has 0 spiro atoms. The van der Waals surface area contributed by atoms with Crippen LogP contribution in [0.5, 0.6) is 17.2 Å². The molecule has 0 aliphatic heterocycles. The Kier molecular flexibility index (Phi) is 7.35. The van der Waals surface area contributed by atoms with E-state index < -0.39 is 24.3 Å². The molecule has 2 rings (SSSR count). The quantitative estimate of drug-likeness (QED) is 0.587. The molecule has 148 valence electrons. The standard InChI is InChI=1S/C19H20N2O6S/c1-11-10-28-19(21-11)13(8-20)14(22)9-27-17(23)7-12-5-15(24-2)18(26-4)16(6-12)25-3/h5-6,10,13H,7,9H2,1-4H3/t13-/m1/s1. The smallest absolute Gasteiger partial charge is 0.310 e. The van der Waals surface area contributed by atoms with E-state index in [9.17, 15) is 14.9 Å². The van der Waals surface area contributed by atoms with Gasteiger partial charge in [0.05, 0.1) is 33.8 Å². The van der Waals surface area contributed by atoms with Gasteiger partial charge < -0.3 is 18.9 Å². The van der Waals surface area contributed by atoms with Crippen LogP contribution in [0.4, 0.5) is 0 Å². The lowest BCUT2D eigenvalue weighted by atomic mass is 10.1. The lowest BCUT2D eigenvalue weighted by Gasteiger charge is -2.14. The number of hydrogen-bond acceptors (Lipinski definition) is 9. The largest absolute Gasteiger partial charge is 0.493 e. The van der Waals surface area contributed by atoms with Crippen molar-refractivity contribution in [2.24, 2.45) is 0 Å². The van der Waals surface area contributed by atoms with Crippen LogP contribution in [0.25, 0.3) is 0 Å². The van der Waals surface area contributed by atoms with Gasteiger partial charge in [-0.15, -0.1) is 11.3 Å². The summed E-state index contributed by atoms with van der Waals surface area (Å²) in [6, 6.07) is 5.16. The number of aromatic nitrogens is 1. The predicted molar refractivity (Wildman–Crippen MR) is 101 cm³/mol. The van der Waals surface area contributed by atoms with Gasteiger partial charge in [0, 0.05) is 11.1 Å². The van der Waals surface area contributed by atoms with E-state index in [-0.39, 0.29) is 6.42 Å². The highest BCUT2D eigenvalue weighted by molar-refractivity contribution is 7.09. The molecule has 28 heavy (non-hydrogen) atoms. The molecule has 0 bridgehead atoms. The summed E-state index contributed by atoms with van der Waals surface area (Å²) in [5.74, 6) is -0.959. The number of thiazole rings is 1. The molecule has 0 amide bonds. The van der Waals surface area contributed by atoms with E-state index in [0.29, 0.717) is 27.8 Å². The SMILES string of the molecule is COc1cc(CC(=O)OCC(=O)[C@@H](C#N)c2nc(C)cs2)cc(OC)c1OC. The van der Waals surface area contributed by atoms with Crippen LogP contribution in [0.15, 0.2) is 17.5 Å². The molecular formula is C19H20N2O6S. The average molecular weight is 404 g/mol. The Hall–Kier alpha value is -3.12. The lowest BCUT2D eigenvalue weighted by molar-refractivity contribution is -0.147. The Balaban J connectivity index is 2.02. The summed E-state index contributed by atoms with van der Waals surface area (Å²) in [5.41, 5.74) is 1.30. The van der Waals surface area contributed by atoms with Crippen LogP contribution in [-0.4, -0.2) is 44.7 Å². The molecular weight excluding hydrogens is 384 g/mol. The first-order chi connectivity index (χ1) is 13.4. The molecule has 1 aromatic carbocycles. The van der Waals surface area contributed by atoms with E-state index in [1.54, 1.807) is 24.4 Å². The highest BCUT2D eigenvalue weighted by Gasteiger charge is 2.24. The number of nitriles is 1. The second-order valence-corrected chi connectivity index (χ2v) is 6.62. The second kappa shape index (κ2) is 9.71. The van der Waals surface area contributed by atoms with Crippen LogP contribution < -0.4 is 14.2 Å². The molecule has 8 nitrogen and oxygen atoms in total. The first kappa shape index (κ1) is 21.2. The molecule has 0 aliphatic carbocycles. The van der Waals surface area contributed by atoms with E-state index in [1.165, 1.54) is 32.7 Å². The summed E-state index contributed by atoms with van der Waals surface area (Å²) >= 11 is 1.22. The molecule has 9 heteroatoms. The molecule has 0 fully saturated rings. The summed E-state index contributed by atoms with van der Waals surface area (Å²) in [6.45, 7) is 1.27. The van der Waals surface area contributed by atoms with E-state index in [2.05, 4.69) is 4.98 Å². The fourth-order valence-corrected chi connectivity index (χ4v) is 3.32. The zero-order chi connectivity index (χ0) is 20.7. The third kappa shape index (κ3) is 4.98. The van der Waals surface area contributed by atoms with Crippen molar-refractivity contribution < 1.29 is 28.5 Å². The predicted octanol–water partition coefficient (Wildman–Crippen LogP) is 2.44. The van der Waals surface area contributed by atoms with Gasteiger partial charge >= 0.3 is 5.97 Å². The number of carbonyl (C=O) groups is 2. The first-order valence-electron chi connectivity index (χ1n) is 8.22. The van der Waals surface area contributed by atoms with Gasteiger partial charge in [-0.2, -0.15) is 5.26 Å². The van der Waals surface area contributed by atoms with Crippen molar-refractivity contribution in [3.63, 3.8) is 0 Å². The van der Waals surface area contributed by atoms with Gasteiger partial charge in [0.2, 0.25) is 5.75 Å². The molecule has 0 aliphatic rings. The number of benzene rings is 1. The number of aryl methyl sites for hydroxylation is 1. The summed E-state index contributed by atoms with van der Waals surface area (Å²) in [7, 11) is 4.43. The molecule has 1 heterocycles. The highest BCUT2D eigenvalue weighted by Crippen LogP contribution is 2.38. The number of ether oxygens (including phenoxy) is 4. The Labute approximate surface area is 166 Å². The fraction of sp³-hybridized carbons (Fsp3) is 0.368. The average Bonchev–Trinajstić information content (AvgIpc) is 3.11. The summed E-state index contributed by atoms with van der Waals surface area (Å²) < 4.78 is 20.8. The Bertz CT molecular complexity index is 877. The van der Waals surface area contributed by atoms with E-state index in [4.69, 9.17) is 18.9 Å². The first-order valence-corrected chi connectivity index (χ1v) is 9.10. The maximum atomic E-state index is 12.2. The van der Waals surface area contributed by atoms with Crippen LogP contribution in [0.3, 0.4) is 0 Å². The number of nitrogens with zero attached hydrogens (tertiary/aromatic N) is 2. The zero-order valence-corrected chi connectivity index (χ0v) is 16.8. The molecule has 0 radical (unpaired) electrons. The third-order valence-electron chi connectivity index (χ3n) is 3.78. The van der Waals surface area contributed by atoms with Crippen molar-refractivity contribution in [1.29, 1.82) is 5.26 Å². The van der Waals surface area contributed by atoms with Gasteiger partial charge in [0.1, 0.15) is 5.01 Å². The monoisotopic (exact) mass is 404 g/mol. The van der Waals surface area contributed by atoms with Crippen LogP contribution in [-0.2, 0) is 20.7 Å². The van der Waals surface area contributed by atoms with Gasteiger partial charge in [-0.3, -0.25) is 9.59 Å². The highest BCUT2D eigenvalue weighted by atomic mass is 32.1. The fourth-order valence-electron chi connectivity index (χ4n) is 2.46. The van der Waals surface area contributed by atoms with Crippen molar-refractivity contribution in [3.05, 3.63) is 33.8 Å². The Morgan fingerprint density at radius 2 is 1.82 bits per heavy atom. The van der Waals surface area contributed by atoms with Crippen molar-refractivity contribution in [1.82, 2.24) is 4.98 Å². The second-order valence-electron chi connectivity index (χ2n) is 5.73. The number of esters is 1. The van der Waals surface area contributed by atoms with Gasteiger partial charge in [0.25, 0.3) is 0 Å².